The van der Waals surface area contributed by atoms with Crippen LogP contribution in [-0.4, -0.2) is 46.7 Å². The molecule has 2 amide bonds. The topological polar surface area (TPSA) is 113 Å². The number of para-hydroxylation sites is 2. The summed E-state index contributed by atoms with van der Waals surface area (Å²) in [5.74, 6) is 0.504. The molecule has 0 saturated carbocycles. The zero-order valence-corrected chi connectivity index (χ0v) is 15.8. The zero-order valence-electron chi connectivity index (χ0n) is 15.0. The summed E-state index contributed by atoms with van der Waals surface area (Å²) in [6.45, 7) is 4.30. The third-order valence-corrected chi connectivity index (χ3v) is 5.07. The van der Waals surface area contributed by atoms with E-state index in [4.69, 9.17) is 4.74 Å². The van der Waals surface area contributed by atoms with Crippen LogP contribution in [0, 0.1) is 0 Å². The second-order valence-corrected chi connectivity index (χ2v) is 7.20. The maximum Gasteiger partial charge on any atom is 0.280 e. The molecule has 27 heavy (non-hydrogen) atoms. The number of hydrogen-bond acceptors (Lipinski definition) is 6. The van der Waals surface area contributed by atoms with Crippen molar-refractivity contribution in [2.75, 3.05) is 18.9 Å². The van der Waals surface area contributed by atoms with Gasteiger partial charge in [-0.25, -0.2) is 4.98 Å². The molecule has 3 N–H and O–H groups in total. The van der Waals surface area contributed by atoms with E-state index in [1.165, 1.54) is 11.8 Å². The Morgan fingerprint density at radius 2 is 2.11 bits per heavy atom. The van der Waals surface area contributed by atoms with Crippen molar-refractivity contribution in [2.24, 2.45) is 0 Å². The molecular weight excluding hydrogens is 368 g/mol. The van der Waals surface area contributed by atoms with Gasteiger partial charge in [-0.15, -0.1) is 11.8 Å². The van der Waals surface area contributed by atoms with E-state index in [1.54, 1.807) is 38.1 Å². The smallest absolute Gasteiger partial charge is 0.280 e. The Kier molecular flexibility index (Phi) is 5.80. The number of thioether (sulfide) groups is 1. The van der Waals surface area contributed by atoms with Gasteiger partial charge in [0.1, 0.15) is 10.7 Å². The predicted octanol–water partition coefficient (Wildman–Crippen LogP) is 1.15. The Labute approximate surface area is 159 Å². The lowest BCUT2D eigenvalue weighted by Gasteiger charge is -2.19. The number of nitrogens with one attached hydrogen (secondary N) is 3. The first-order valence-electron chi connectivity index (χ1n) is 8.50. The van der Waals surface area contributed by atoms with E-state index in [-0.39, 0.29) is 24.2 Å². The molecule has 0 aliphatic carbocycles. The van der Waals surface area contributed by atoms with Gasteiger partial charge in [0.05, 0.1) is 17.6 Å². The Morgan fingerprint density at radius 3 is 2.89 bits per heavy atom. The van der Waals surface area contributed by atoms with E-state index in [9.17, 15) is 14.4 Å². The van der Waals surface area contributed by atoms with Crippen molar-refractivity contribution in [1.29, 1.82) is 0 Å². The van der Waals surface area contributed by atoms with Crippen molar-refractivity contribution in [1.82, 2.24) is 20.6 Å². The normalized spacial score (nSPS) is 15.2. The first kappa shape index (κ1) is 19.0. The molecule has 8 nitrogen and oxygen atoms in total. The maximum atomic E-state index is 12.4. The number of rotatable bonds is 5. The Morgan fingerprint density at radius 1 is 1.33 bits per heavy atom. The van der Waals surface area contributed by atoms with Crippen molar-refractivity contribution in [3.05, 3.63) is 51.0 Å². The molecule has 0 spiro atoms. The highest BCUT2D eigenvalue weighted by Gasteiger charge is 2.20. The molecule has 1 aliphatic rings. The molecule has 1 aliphatic heterocycles. The SMILES string of the molecule is CC1=C(C(=O)NCC(C)NC(=O)c2nc3ccccc3[nH]c2=O)SCCO1. The zero-order chi connectivity index (χ0) is 19.4. The number of allylic oxidation sites excluding steroid dienone is 1. The fraction of sp³-hybridized carbons (Fsp3) is 0.333. The van der Waals surface area contributed by atoms with Gasteiger partial charge < -0.3 is 20.4 Å². The van der Waals surface area contributed by atoms with Crippen molar-refractivity contribution in [3.8, 4) is 0 Å². The average Bonchev–Trinajstić information content (AvgIpc) is 2.65. The number of fused-ring (bicyclic) bond motifs is 1. The number of hydrogen-bond donors (Lipinski definition) is 3. The lowest BCUT2D eigenvalue weighted by atomic mass is 10.2. The van der Waals surface area contributed by atoms with Crippen molar-refractivity contribution in [2.45, 2.75) is 19.9 Å². The highest BCUT2D eigenvalue weighted by molar-refractivity contribution is 8.04. The van der Waals surface area contributed by atoms with Crippen LogP contribution in [0.1, 0.15) is 24.3 Å². The van der Waals surface area contributed by atoms with Gasteiger partial charge in [-0.3, -0.25) is 14.4 Å². The molecule has 142 valence electrons. The summed E-state index contributed by atoms with van der Waals surface area (Å²) in [6, 6.07) is 6.59. The summed E-state index contributed by atoms with van der Waals surface area (Å²) in [5, 5.41) is 5.45. The number of carbonyl (C=O) groups excluding carboxylic acids is 2. The number of H-pyrrole nitrogens is 1. The summed E-state index contributed by atoms with van der Waals surface area (Å²) in [7, 11) is 0. The van der Waals surface area contributed by atoms with Gasteiger partial charge >= 0.3 is 0 Å². The van der Waals surface area contributed by atoms with E-state index in [1.807, 2.05) is 0 Å². The molecule has 0 fully saturated rings. The molecule has 2 aromatic rings. The second-order valence-electron chi connectivity index (χ2n) is 6.10. The third-order valence-electron chi connectivity index (χ3n) is 3.94. The van der Waals surface area contributed by atoms with Gasteiger partial charge in [0.2, 0.25) is 0 Å². The molecule has 3 rings (SSSR count). The molecule has 1 atom stereocenters. The summed E-state index contributed by atoms with van der Waals surface area (Å²) >= 11 is 1.44. The van der Waals surface area contributed by atoms with Gasteiger partial charge in [-0.2, -0.15) is 0 Å². The highest BCUT2D eigenvalue weighted by atomic mass is 32.2. The molecule has 0 radical (unpaired) electrons. The number of nitrogens with zero attached hydrogens (tertiary/aromatic N) is 1. The van der Waals surface area contributed by atoms with Crippen LogP contribution in [-0.2, 0) is 9.53 Å². The predicted molar refractivity (Wildman–Crippen MR) is 103 cm³/mol. The Bertz CT molecular complexity index is 969. The van der Waals surface area contributed by atoms with E-state index in [2.05, 4.69) is 20.6 Å². The average molecular weight is 388 g/mol. The first-order chi connectivity index (χ1) is 13.0. The van der Waals surface area contributed by atoms with Crippen LogP contribution in [0.2, 0.25) is 0 Å². The van der Waals surface area contributed by atoms with Gasteiger partial charge in [0.25, 0.3) is 17.4 Å². The molecule has 9 heteroatoms. The minimum Gasteiger partial charge on any atom is -0.496 e. The minimum atomic E-state index is -0.588. The van der Waals surface area contributed by atoms with Crippen molar-refractivity contribution in [3.63, 3.8) is 0 Å². The second kappa shape index (κ2) is 8.26. The molecule has 2 heterocycles. The molecule has 1 aromatic carbocycles. The van der Waals surface area contributed by atoms with Gasteiger partial charge in [0, 0.05) is 18.3 Å². The Hall–Kier alpha value is -2.81. The first-order valence-corrected chi connectivity index (χ1v) is 9.49. The van der Waals surface area contributed by atoms with Crippen LogP contribution in [0.5, 0.6) is 0 Å². The van der Waals surface area contributed by atoms with Crippen molar-refractivity contribution < 1.29 is 14.3 Å². The van der Waals surface area contributed by atoms with Crippen LogP contribution in [0.15, 0.2) is 39.7 Å². The summed E-state index contributed by atoms with van der Waals surface area (Å²) in [5.41, 5.74) is 0.329. The lowest BCUT2D eigenvalue weighted by Crippen LogP contribution is -2.43. The number of aromatic nitrogens is 2. The monoisotopic (exact) mass is 388 g/mol. The lowest BCUT2D eigenvalue weighted by molar-refractivity contribution is -0.117. The summed E-state index contributed by atoms with van der Waals surface area (Å²) in [6.07, 6.45) is 0. The number of aromatic amines is 1. The molecule has 0 saturated heterocycles. The quantitative estimate of drug-likeness (QED) is 0.708. The van der Waals surface area contributed by atoms with E-state index >= 15 is 0 Å². The Balaban J connectivity index is 1.62. The molecular formula is C18H20N4O4S. The fourth-order valence-electron chi connectivity index (χ4n) is 2.58. The number of carbonyl (C=O) groups is 2. The summed E-state index contributed by atoms with van der Waals surface area (Å²) < 4.78 is 5.37. The van der Waals surface area contributed by atoms with Gasteiger partial charge in [-0.1, -0.05) is 12.1 Å². The largest absolute Gasteiger partial charge is 0.496 e. The highest BCUT2D eigenvalue weighted by Crippen LogP contribution is 2.25. The van der Waals surface area contributed by atoms with Crippen LogP contribution in [0.25, 0.3) is 11.0 Å². The maximum absolute atomic E-state index is 12.4. The standard InChI is InChI=1S/C18H20N4O4S/c1-10(9-19-18(25)15-11(2)26-7-8-27-15)20-16(23)14-17(24)22-13-6-4-3-5-12(13)21-14/h3-6,10H,7-9H2,1-2H3,(H,19,25)(H,20,23)(H,22,24). The summed E-state index contributed by atoms with van der Waals surface area (Å²) in [4.78, 5) is 44.0. The van der Waals surface area contributed by atoms with Gasteiger partial charge in [0.15, 0.2) is 5.69 Å². The molecule has 1 unspecified atom stereocenters. The van der Waals surface area contributed by atoms with Crippen LogP contribution in [0.3, 0.4) is 0 Å². The minimum absolute atomic E-state index is 0.207. The van der Waals surface area contributed by atoms with Crippen LogP contribution < -0.4 is 16.2 Å². The van der Waals surface area contributed by atoms with E-state index < -0.39 is 11.5 Å². The third kappa shape index (κ3) is 4.48. The number of benzene rings is 1. The molecule has 0 bridgehead atoms. The van der Waals surface area contributed by atoms with Crippen molar-refractivity contribution >= 4 is 34.6 Å². The number of ether oxygens (including phenoxy) is 1. The van der Waals surface area contributed by atoms with Crippen LogP contribution >= 0.6 is 11.8 Å². The van der Waals surface area contributed by atoms with Gasteiger partial charge in [-0.05, 0) is 26.0 Å². The van der Waals surface area contributed by atoms with Crippen LogP contribution in [0.4, 0.5) is 0 Å². The van der Waals surface area contributed by atoms with E-state index in [0.29, 0.717) is 28.3 Å². The number of amides is 2. The van der Waals surface area contributed by atoms with E-state index in [0.717, 1.165) is 5.75 Å². The molecule has 1 aromatic heterocycles. The fourth-order valence-corrected chi connectivity index (χ4v) is 3.42.